The Kier molecular flexibility index (Phi) is 4.18. The molecule has 1 aromatic carbocycles. The highest BCUT2D eigenvalue weighted by atomic mass is 32.2. The molecule has 2 N–H and O–H groups in total. The molecule has 1 aromatic rings. The highest BCUT2D eigenvalue weighted by Crippen LogP contribution is 2.42. The van der Waals surface area contributed by atoms with Gasteiger partial charge >= 0.3 is 0 Å². The third kappa shape index (κ3) is 2.85. The van der Waals surface area contributed by atoms with Crippen LogP contribution in [0.25, 0.3) is 0 Å². The van der Waals surface area contributed by atoms with Crippen LogP contribution in [0.3, 0.4) is 0 Å². The summed E-state index contributed by atoms with van der Waals surface area (Å²) in [6.45, 7) is 2.33. The lowest BCUT2D eigenvalue weighted by atomic mass is 9.76. The van der Waals surface area contributed by atoms with Gasteiger partial charge in [-0.15, -0.1) is 11.8 Å². The Labute approximate surface area is 121 Å². The maximum atomic E-state index is 6.60. The fourth-order valence-corrected chi connectivity index (χ4v) is 5.14. The van der Waals surface area contributed by atoms with Crippen molar-refractivity contribution in [2.24, 2.45) is 17.6 Å². The average Bonchev–Trinajstić information content (AvgIpc) is 2.90. The van der Waals surface area contributed by atoms with E-state index in [0.29, 0.717) is 11.3 Å². The van der Waals surface area contributed by atoms with Crippen molar-refractivity contribution in [2.45, 2.75) is 61.6 Å². The van der Waals surface area contributed by atoms with Crippen LogP contribution in [0, 0.1) is 11.8 Å². The van der Waals surface area contributed by atoms with E-state index in [1.54, 1.807) is 0 Å². The van der Waals surface area contributed by atoms with Gasteiger partial charge in [0, 0.05) is 16.2 Å². The van der Waals surface area contributed by atoms with Crippen molar-refractivity contribution in [1.82, 2.24) is 0 Å². The molecule has 1 aliphatic heterocycles. The summed E-state index contributed by atoms with van der Waals surface area (Å²) in [7, 11) is 0. The average molecular weight is 275 g/mol. The van der Waals surface area contributed by atoms with Crippen molar-refractivity contribution in [3.8, 4) is 0 Å². The summed E-state index contributed by atoms with van der Waals surface area (Å²) in [6.07, 6.45) is 8.04. The highest BCUT2D eigenvalue weighted by molar-refractivity contribution is 8.00. The largest absolute Gasteiger partial charge is 0.326 e. The number of benzene rings is 1. The quantitative estimate of drug-likeness (QED) is 0.892. The Bertz CT molecular complexity index is 398. The minimum atomic E-state index is 0.384. The highest BCUT2D eigenvalue weighted by Gasteiger charge is 2.33. The zero-order chi connectivity index (χ0) is 13.2. The van der Waals surface area contributed by atoms with Crippen LogP contribution in [0.15, 0.2) is 29.2 Å². The molecule has 1 aliphatic carbocycles. The van der Waals surface area contributed by atoms with Gasteiger partial charge in [0.25, 0.3) is 0 Å². The number of nitrogens with two attached hydrogens (primary N) is 1. The van der Waals surface area contributed by atoms with E-state index in [2.05, 4.69) is 31.2 Å². The van der Waals surface area contributed by atoms with E-state index in [-0.39, 0.29) is 0 Å². The van der Waals surface area contributed by atoms with Crippen molar-refractivity contribution < 1.29 is 0 Å². The summed E-state index contributed by atoms with van der Waals surface area (Å²) in [6, 6.07) is 9.20. The van der Waals surface area contributed by atoms with Crippen LogP contribution < -0.4 is 5.73 Å². The first-order valence-electron chi connectivity index (χ1n) is 7.78. The van der Waals surface area contributed by atoms with E-state index in [4.69, 9.17) is 5.73 Å². The fraction of sp³-hybridized carbons (Fsp3) is 0.647. The smallest absolute Gasteiger partial charge is 0.0289 e. The maximum Gasteiger partial charge on any atom is 0.0289 e. The first kappa shape index (κ1) is 13.5. The van der Waals surface area contributed by atoms with Gasteiger partial charge in [0.15, 0.2) is 0 Å². The van der Waals surface area contributed by atoms with Gasteiger partial charge in [0.05, 0.1) is 0 Å². The Morgan fingerprint density at radius 3 is 2.63 bits per heavy atom. The van der Waals surface area contributed by atoms with E-state index in [1.165, 1.54) is 49.0 Å². The summed E-state index contributed by atoms with van der Waals surface area (Å²) in [5.41, 5.74) is 8.11. The molecule has 0 spiro atoms. The van der Waals surface area contributed by atoms with Crippen LogP contribution in [-0.2, 0) is 6.42 Å². The van der Waals surface area contributed by atoms with Gasteiger partial charge in [-0.1, -0.05) is 44.4 Å². The van der Waals surface area contributed by atoms with E-state index in [0.717, 1.165) is 11.8 Å². The van der Waals surface area contributed by atoms with Gasteiger partial charge in [-0.2, -0.15) is 0 Å². The Balaban J connectivity index is 1.59. The molecule has 0 amide bonds. The Hall–Kier alpha value is -0.470. The van der Waals surface area contributed by atoms with Crippen molar-refractivity contribution in [3.05, 3.63) is 29.8 Å². The molecule has 104 valence electrons. The molecule has 0 saturated heterocycles. The van der Waals surface area contributed by atoms with Gasteiger partial charge in [0.1, 0.15) is 0 Å². The Morgan fingerprint density at radius 1 is 1.21 bits per heavy atom. The van der Waals surface area contributed by atoms with E-state index in [9.17, 15) is 0 Å². The Morgan fingerprint density at radius 2 is 1.95 bits per heavy atom. The van der Waals surface area contributed by atoms with Crippen LogP contribution in [0.1, 0.15) is 44.6 Å². The predicted octanol–water partition coefficient (Wildman–Crippen LogP) is 4.25. The topological polar surface area (TPSA) is 26.0 Å². The van der Waals surface area contributed by atoms with Crippen LogP contribution in [0.2, 0.25) is 0 Å². The van der Waals surface area contributed by atoms with E-state index in [1.807, 2.05) is 11.8 Å². The number of rotatable bonds is 3. The zero-order valence-electron chi connectivity index (χ0n) is 11.8. The van der Waals surface area contributed by atoms with Gasteiger partial charge in [-0.3, -0.25) is 0 Å². The second-order valence-corrected chi connectivity index (χ2v) is 7.52. The molecular formula is C17H25NS. The van der Waals surface area contributed by atoms with Crippen LogP contribution in [0.4, 0.5) is 0 Å². The second kappa shape index (κ2) is 5.88. The van der Waals surface area contributed by atoms with Gasteiger partial charge in [0.2, 0.25) is 0 Å². The standard InChI is InChI=1S/C17H25NS/c1-2-12-7-9-13(10-8-12)17(18)16-11-14-5-3-4-6-15(14)19-16/h3-6,12-13,16-17H,2,7-11,18H2,1H3. The molecule has 2 atom stereocenters. The lowest BCUT2D eigenvalue weighted by Gasteiger charge is -2.34. The molecular weight excluding hydrogens is 250 g/mol. The molecule has 19 heavy (non-hydrogen) atoms. The SMILES string of the molecule is CCC1CCC(C(N)C2Cc3ccccc3S2)CC1. The van der Waals surface area contributed by atoms with Crippen molar-refractivity contribution >= 4 is 11.8 Å². The van der Waals surface area contributed by atoms with Crippen molar-refractivity contribution in [1.29, 1.82) is 0 Å². The molecule has 1 heterocycles. The normalized spacial score (nSPS) is 32.0. The molecule has 1 saturated carbocycles. The summed E-state index contributed by atoms with van der Waals surface area (Å²) in [4.78, 5) is 1.46. The second-order valence-electron chi connectivity index (χ2n) is 6.23. The zero-order valence-corrected chi connectivity index (χ0v) is 12.7. The van der Waals surface area contributed by atoms with Crippen molar-refractivity contribution in [3.63, 3.8) is 0 Å². The molecule has 2 aliphatic rings. The maximum absolute atomic E-state index is 6.60. The molecule has 3 rings (SSSR count). The minimum absolute atomic E-state index is 0.384. The molecule has 1 fully saturated rings. The minimum Gasteiger partial charge on any atom is -0.326 e. The van der Waals surface area contributed by atoms with Gasteiger partial charge in [-0.05, 0) is 42.7 Å². The molecule has 1 nitrogen and oxygen atoms in total. The molecule has 0 bridgehead atoms. The monoisotopic (exact) mass is 275 g/mol. The summed E-state index contributed by atoms with van der Waals surface area (Å²) < 4.78 is 0. The third-order valence-electron chi connectivity index (χ3n) is 5.11. The van der Waals surface area contributed by atoms with Gasteiger partial charge in [-0.25, -0.2) is 0 Å². The summed E-state index contributed by atoms with van der Waals surface area (Å²) in [5.74, 6) is 1.73. The first-order chi connectivity index (χ1) is 9.28. The van der Waals surface area contributed by atoms with Crippen LogP contribution in [-0.4, -0.2) is 11.3 Å². The lowest BCUT2D eigenvalue weighted by Crippen LogP contribution is -2.41. The van der Waals surface area contributed by atoms with Crippen molar-refractivity contribution in [2.75, 3.05) is 0 Å². The lowest BCUT2D eigenvalue weighted by molar-refractivity contribution is 0.236. The van der Waals surface area contributed by atoms with E-state index >= 15 is 0 Å². The first-order valence-corrected chi connectivity index (χ1v) is 8.66. The molecule has 0 radical (unpaired) electrons. The number of thioether (sulfide) groups is 1. The van der Waals surface area contributed by atoms with Crippen LogP contribution >= 0.6 is 11.8 Å². The molecule has 2 heteroatoms. The number of hydrogen-bond acceptors (Lipinski definition) is 2. The molecule has 2 unspecified atom stereocenters. The van der Waals surface area contributed by atoms with Crippen LogP contribution in [0.5, 0.6) is 0 Å². The summed E-state index contributed by atoms with van der Waals surface area (Å²) in [5, 5.41) is 0.612. The summed E-state index contributed by atoms with van der Waals surface area (Å²) >= 11 is 2.02. The number of hydrogen-bond donors (Lipinski definition) is 1. The molecule has 0 aromatic heterocycles. The fourth-order valence-electron chi connectivity index (χ4n) is 3.71. The van der Waals surface area contributed by atoms with Gasteiger partial charge < -0.3 is 5.73 Å². The predicted molar refractivity (Wildman–Crippen MR) is 83.5 cm³/mol. The van der Waals surface area contributed by atoms with E-state index < -0.39 is 0 Å². The number of fused-ring (bicyclic) bond motifs is 1. The third-order valence-corrected chi connectivity index (χ3v) is 6.55.